The number of rotatable bonds is 1. The number of carbonyl (C=O) groups excluding carboxylic acids is 1. The fraction of sp³-hybridized carbons (Fsp3) is 0.385. The van der Waals surface area contributed by atoms with Crippen molar-refractivity contribution in [1.82, 2.24) is 4.90 Å². The Morgan fingerprint density at radius 3 is 2.70 bits per heavy atom. The predicted molar refractivity (Wildman–Crippen MR) is 76.6 cm³/mol. The van der Waals surface area contributed by atoms with Crippen LogP contribution in [0.5, 0.6) is 0 Å². The summed E-state index contributed by atoms with van der Waals surface area (Å²) < 4.78 is 13.0. The molecule has 2 saturated heterocycles. The Morgan fingerprint density at radius 1 is 1.45 bits per heavy atom. The summed E-state index contributed by atoms with van der Waals surface area (Å²) >= 11 is 1.58. The zero-order valence-corrected chi connectivity index (χ0v) is 12.1. The van der Waals surface area contributed by atoms with E-state index in [-0.39, 0.29) is 29.5 Å². The molecule has 20 heavy (non-hydrogen) atoms. The lowest BCUT2D eigenvalue weighted by Gasteiger charge is -2.24. The molecule has 2 heterocycles. The van der Waals surface area contributed by atoms with Gasteiger partial charge >= 0.3 is 0 Å². The van der Waals surface area contributed by atoms with Crippen LogP contribution in [0, 0.1) is 17.1 Å². The molecule has 0 bridgehead atoms. The van der Waals surface area contributed by atoms with Gasteiger partial charge in [-0.15, -0.1) is 24.2 Å². The molecule has 106 valence electrons. The number of halogens is 2. The van der Waals surface area contributed by atoms with Crippen LogP contribution in [-0.4, -0.2) is 28.0 Å². The molecule has 0 radical (unpaired) electrons. The first kappa shape index (κ1) is 15.1. The molecule has 3 rings (SSSR count). The van der Waals surface area contributed by atoms with Gasteiger partial charge < -0.3 is 10.6 Å². The van der Waals surface area contributed by atoms with Crippen molar-refractivity contribution < 1.29 is 9.18 Å². The van der Waals surface area contributed by atoms with Gasteiger partial charge in [-0.1, -0.05) is 12.1 Å². The summed E-state index contributed by atoms with van der Waals surface area (Å²) in [6.45, 7) is 0. The highest BCUT2D eigenvalue weighted by molar-refractivity contribution is 8.00. The normalized spacial score (nSPS) is 31.6. The number of amides is 1. The smallest absolute Gasteiger partial charge is 0.249 e. The van der Waals surface area contributed by atoms with Crippen LogP contribution in [-0.2, 0) is 10.3 Å². The predicted octanol–water partition coefficient (Wildman–Crippen LogP) is 1.60. The highest BCUT2D eigenvalue weighted by Gasteiger charge is 2.55. The van der Waals surface area contributed by atoms with Gasteiger partial charge in [-0.25, -0.2) is 4.39 Å². The Hall–Kier alpha value is -1.29. The maximum atomic E-state index is 13.0. The molecule has 7 heteroatoms. The zero-order chi connectivity index (χ0) is 13.6. The summed E-state index contributed by atoms with van der Waals surface area (Å²) in [7, 11) is 0. The van der Waals surface area contributed by atoms with Crippen LogP contribution < -0.4 is 5.73 Å². The molecule has 2 aliphatic rings. The zero-order valence-electron chi connectivity index (χ0n) is 10.5. The first-order chi connectivity index (χ1) is 9.06. The lowest BCUT2D eigenvalue weighted by molar-refractivity contribution is -0.133. The summed E-state index contributed by atoms with van der Waals surface area (Å²) in [5.41, 5.74) is 5.71. The van der Waals surface area contributed by atoms with Gasteiger partial charge in [0.15, 0.2) is 0 Å². The van der Waals surface area contributed by atoms with E-state index in [4.69, 9.17) is 11.0 Å². The van der Waals surface area contributed by atoms with Crippen LogP contribution >= 0.6 is 24.2 Å². The van der Waals surface area contributed by atoms with Crippen LogP contribution in [0.15, 0.2) is 24.3 Å². The summed E-state index contributed by atoms with van der Waals surface area (Å²) in [4.78, 5) is 14.1. The van der Waals surface area contributed by atoms with Gasteiger partial charge in [0, 0.05) is 12.2 Å². The van der Waals surface area contributed by atoms with Crippen molar-refractivity contribution in [2.24, 2.45) is 5.73 Å². The van der Waals surface area contributed by atoms with E-state index in [1.54, 1.807) is 28.8 Å². The average molecular weight is 314 g/mol. The second-order valence-electron chi connectivity index (χ2n) is 4.83. The molecular formula is C13H13ClFN3OS. The Bertz CT molecular complexity index is 576. The number of nitrogens with zero attached hydrogens (tertiary/aromatic N) is 2. The van der Waals surface area contributed by atoms with E-state index in [9.17, 15) is 9.18 Å². The van der Waals surface area contributed by atoms with E-state index < -0.39 is 11.6 Å². The standard InChI is InChI=1S/C13H12FN3OS.ClH/c14-9-3-1-8(2-4-9)13(16)5-11-17(12(13)18)10(6-15)7-19-11;/h1-4,10-11H,5,7,16H2;1H. The maximum absolute atomic E-state index is 13.0. The molecule has 3 atom stereocenters. The molecule has 2 N–H and O–H groups in total. The minimum atomic E-state index is -1.14. The van der Waals surface area contributed by atoms with Crippen LogP contribution in [0.3, 0.4) is 0 Å². The second-order valence-corrected chi connectivity index (χ2v) is 6.04. The fourth-order valence-corrected chi connectivity index (χ4v) is 4.10. The second kappa shape index (κ2) is 5.24. The average Bonchev–Trinajstić information content (AvgIpc) is 2.90. The summed E-state index contributed by atoms with van der Waals surface area (Å²) in [5.74, 6) is 0.0371. The molecule has 2 aliphatic heterocycles. The van der Waals surface area contributed by atoms with Gasteiger partial charge in [0.2, 0.25) is 5.91 Å². The van der Waals surface area contributed by atoms with Crippen LogP contribution in [0.2, 0.25) is 0 Å². The van der Waals surface area contributed by atoms with E-state index in [1.807, 2.05) is 0 Å². The largest absolute Gasteiger partial charge is 0.314 e. The van der Waals surface area contributed by atoms with Crippen LogP contribution in [0.4, 0.5) is 4.39 Å². The molecule has 0 aliphatic carbocycles. The van der Waals surface area contributed by atoms with E-state index in [0.29, 0.717) is 17.7 Å². The molecule has 3 unspecified atom stereocenters. The maximum Gasteiger partial charge on any atom is 0.249 e. The van der Waals surface area contributed by atoms with Crippen molar-refractivity contribution in [1.29, 1.82) is 5.26 Å². The Kier molecular flexibility index (Phi) is 3.96. The molecular weight excluding hydrogens is 301 g/mol. The monoisotopic (exact) mass is 313 g/mol. The highest BCUT2D eigenvalue weighted by atomic mass is 35.5. The number of hydrogen-bond acceptors (Lipinski definition) is 4. The first-order valence-electron chi connectivity index (χ1n) is 5.95. The van der Waals surface area contributed by atoms with Crippen molar-refractivity contribution in [3.05, 3.63) is 35.6 Å². The van der Waals surface area contributed by atoms with Crippen molar-refractivity contribution in [2.45, 2.75) is 23.4 Å². The number of nitriles is 1. The third-order valence-electron chi connectivity index (χ3n) is 3.71. The molecule has 0 spiro atoms. The highest BCUT2D eigenvalue weighted by Crippen LogP contribution is 2.44. The minimum absolute atomic E-state index is 0. The number of fused-ring (bicyclic) bond motifs is 1. The number of carbonyl (C=O) groups is 1. The van der Waals surface area contributed by atoms with Gasteiger partial charge in [-0.05, 0) is 17.7 Å². The van der Waals surface area contributed by atoms with Crippen LogP contribution in [0.25, 0.3) is 0 Å². The van der Waals surface area contributed by atoms with Crippen LogP contribution in [0.1, 0.15) is 12.0 Å². The van der Waals surface area contributed by atoms with Crippen molar-refractivity contribution >= 4 is 30.1 Å². The summed E-state index contributed by atoms with van der Waals surface area (Å²) in [6, 6.07) is 7.41. The number of benzene rings is 1. The molecule has 2 fully saturated rings. The molecule has 1 aromatic carbocycles. The van der Waals surface area contributed by atoms with E-state index in [0.717, 1.165) is 0 Å². The summed E-state index contributed by atoms with van der Waals surface area (Å²) in [6.07, 6.45) is 0.459. The van der Waals surface area contributed by atoms with Crippen molar-refractivity contribution in [2.75, 3.05) is 5.75 Å². The minimum Gasteiger partial charge on any atom is -0.314 e. The molecule has 1 amide bonds. The Morgan fingerprint density at radius 2 is 2.10 bits per heavy atom. The lowest BCUT2D eigenvalue weighted by atomic mass is 9.89. The number of nitrogens with two attached hydrogens (primary N) is 1. The van der Waals surface area contributed by atoms with Gasteiger partial charge in [0.25, 0.3) is 0 Å². The molecule has 4 nitrogen and oxygen atoms in total. The molecule has 0 saturated carbocycles. The number of thioether (sulfide) groups is 1. The van der Waals surface area contributed by atoms with E-state index >= 15 is 0 Å². The van der Waals surface area contributed by atoms with Gasteiger partial charge in [-0.2, -0.15) is 5.26 Å². The third kappa shape index (κ3) is 2.06. The topological polar surface area (TPSA) is 70.1 Å². The Balaban J connectivity index is 0.00000147. The van der Waals surface area contributed by atoms with E-state index in [2.05, 4.69) is 6.07 Å². The number of hydrogen-bond donors (Lipinski definition) is 1. The quantitative estimate of drug-likeness (QED) is 0.855. The summed E-state index contributed by atoms with van der Waals surface area (Å²) in [5, 5.41) is 9.01. The molecule has 0 aromatic heterocycles. The van der Waals surface area contributed by atoms with Gasteiger partial charge in [0.05, 0.1) is 11.4 Å². The van der Waals surface area contributed by atoms with Gasteiger partial charge in [0.1, 0.15) is 17.4 Å². The van der Waals surface area contributed by atoms with Gasteiger partial charge in [-0.3, -0.25) is 4.79 Å². The Labute approximate surface area is 126 Å². The third-order valence-corrected chi connectivity index (χ3v) is 5.00. The fourth-order valence-electron chi connectivity index (χ4n) is 2.67. The molecule has 1 aromatic rings. The lowest BCUT2D eigenvalue weighted by Crippen LogP contribution is -2.47. The van der Waals surface area contributed by atoms with Crippen molar-refractivity contribution in [3.63, 3.8) is 0 Å². The van der Waals surface area contributed by atoms with Crippen molar-refractivity contribution in [3.8, 4) is 6.07 Å². The first-order valence-corrected chi connectivity index (χ1v) is 7.00. The SMILES string of the molecule is Cl.N#CC1CSC2CC(N)(c3ccc(F)cc3)C(=O)N12. The van der Waals surface area contributed by atoms with E-state index in [1.165, 1.54) is 12.1 Å².